The number of hydrogen-bond donors (Lipinski definition) is 2. The number of halogens is 1. The molecule has 0 saturated heterocycles. The number of amides is 2. The number of rotatable bonds is 4. The lowest BCUT2D eigenvalue weighted by molar-refractivity contribution is -0.126. The van der Waals surface area contributed by atoms with Crippen LogP contribution in [0.3, 0.4) is 0 Å². The number of carbonyl (C=O) groups excluding carboxylic acids is 2. The highest BCUT2D eigenvalue weighted by Gasteiger charge is 2.58. The maximum atomic E-state index is 14.7. The predicted molar refractivity (Wildman–Crippen MR) is 144 cm³/mol. The highest BCUT2D eigenvalue weighted by atomic mass is 19.1. The average molecular weight is 563 g/mol. The van der Waals surface area contributed by atoms with Crippen LogP contribution in [0.15, 0.2) is 61.2 Å². The molecule has 0 bridgehead atoms. The molecule has 0 fully saturated rings. The van der Waals surface area contributed by atoms with Crippen LogP contribution in [0.2, 0.25) is 0 Å². The third-order valence-corrected chi connectivity index (χ3v) is 7.74. The van der Waals surface area contributed by atoms with E-state index in [1.165, 1.54) is 34.2 Å². The van der Waals surface area contributed by atoms with Crippen molar-refractivity contribution in [1.82, 2.24) is 49.9 Å². The number of H-pyrrole nitrogens is 1. The molecule has 1 spiro atoms. The predicted octanol–water partition coefficient (Wildman–Crippen LogP) is 2.14. The van der Waals surface area contributed by atoms with E-state index in [1.54, 1.807) is 24.0 Å². The van der Waals surface area contributed by atoms with Crippen molar-refractivity contribution in [3.8, 4) is 11.5 Å². The van der Waals surface area contributed by atoms with Crippen LogP contribution in [0, 0.1) is 12.7 Å². The molecule has 6 heterocycles. The van der Waals surface area contributed by atoms with Crippen molar-refractivity contribution in [2.45, 2.75) is 25.3 Å². The number of aromatic amines is 1. The summed E-state index contributed by atoms with van der Waals surface area (Å²) in [7, 11) is 0. The number of anilines is 2. The van der Waals surface area contributed by atoms with E-state index in [0.29, 0.717) is 56.8 Å². The molecule has 4 aromatic heterocycles. The number of benzene rings is 2. The Morgan fingerprint density at radius 3 is 2.71 bits per heavy atom. The number of carbonyl (C=O) groups is 2. The van der Waals surface area contributed by atoms with Gasteiger partial charge in [0.2, 0.25) is 11.8 Å². The van der Waals surface area contributed by atoms with E-state index in [9.17, 15) is 14.0 Å². The minimum absolute atomic E-state index is 0.00673. The van der Waals surface area contributed by atoms with Crippen LogP contribution in [-0.4, -0.2) is 61.7 Å². The lowest BCUT2D eigenvalue weighted by Gasteiger charge is -2.33. The molecule has 1 atom stereocenters. The first-order valence-electron chi connectivity index (χ1n) is 12.9. The van der Waals surface area contributed by atoms with Gasteiger partial charge in [0.1, 0.15) is 28.9 Å². The first-order chi connectivity index (χ1) is 20.5. The minimum Gasteiger partial charge on any atom is -0.340 e. The summed E-state index contributed by atoms with van der Waals surface area (Å²) in [6.07, 6.45) is 2.75. The van der Waals surface area contributed by atoms with Crippen molar-refractivity contribution in [2.24, 2.45) is 0 Å². The van der Waals surface area contributed by atoms with E-state index in [2.05, 4.69) is 40.8 Å². The number of nitrogens with one attached hydrogen (secondary N) is 2. The van der Waals surface area contributed by atoms with Gasteiger partial charge in [-0.25, -0.2) is 19.3 Å². The van der Waals surface area contributed by atoms with Crippen LogP contribution in [0.4, 0.5) is 15.9 Å². The third kappa shape index (κ3) is 3.21. The number of nitrogens with zero attached hydrogens (tertiary/aromatic N) is 10. The lowest BCUT2D eigenvalue weighted by Crippen LogP contribution is -2.47. The topological polar surface area (TPSA) is 165 Å². The minimum atomic E-state index is -1.36. The fourth-order valence-electron chi connectivity index (χ4n) is 6.05. The fraction of sp³-hybridized carbons (Fsp3) is 0.148. The molecule has 206 valence electrons. The zero-order chi connectivity index (χ0) is 28.6. The normalized spacial score (nSPS) is 17.6. The second-order valence-electron chi connectivity index (χ2n) is 10.0. The number of para-hydroxylation sites is 1. The van der Waals surface area contributed by atoms with Gasteiger partial charge in [-0.3, -0.25) is 9.59 Å². The SMILES string of the molecule is Cc1nn(-c2ncnc3nc[nH]c23)c2c1[C@@]1(CC(=O)N2)C(=O)N(Cc2nnnn2-c2ccc(F)cc2)c2ccccc21. The second-order valence-corrected chi connectivity index (χ2v) is 10.0. The van der Waals surface area contributed by atoms with Crippen molar-refractivity contribution >= 4 is 34.5 Å². The summed E-state index contributed by atoms with van der Waals surface area (Å²) in [5.41, 5.74) is 2.58. The molecule has 14 nitrogen and oxygen atoms in total. The Morgan fingerprint density at radius 2 is 1.86 bits per heavy atom. The van der Waals surface area contributed by atoms with E-state index in [1.807, 2.05) is 24.3 Å². The fourth-order valence-corrected chi connectivity index (χ4v) is 6.05. The molecule has 2 aliphatic rings. The maximum absolute atomic E-state index is 14.7. The number of hydrogen-bond acceptors (Lipinski definition) is 9. The Kier molecular flexibility index (Phi) is 4.89. The van der Waals surface area contributed by atoms with E-state index in [0.717, 1.165) is 0 Å². The Labute approximate surface area is 235 Å². The summed E-state index contributed by atoms with van der Waals surface area (Å²) in [4.78, 5) is 45.5. The zero-order valence-corrected chi connectivity index (χ0v) is 21.9. The highest BCUT2D eigenvalue weighted by molar-refractivity contribution is 6.16. The van der Waals surface area contributed by atoms with Crippen LogP contribution in [0.25, 0.3) is 22.7 Å². The second kappa shape index (κ2) is 8.57. The van der Waals surface area contributed by atoms with Gasteiger partial charge in [-0.2, -0.15) is 14.5 Å². The lowest BCUT2D eigenvalue weighted by atomic mass is 9.70. The molecule has 2 aromatic carbocycles. The molecule has 6 aromatic rings. The van der Waals surface area contributed by atoms with Crippen LogP contribution >= 0.6 is 0 Å². The van der Waals surface area contributed by atoms with Gasteiger partial charge >= 0.3 is 0 Å². The summed E-state index contributed by atoms with van der Waals surface area (Å²) < 4.78 is 16.5. The van der Waals surface area contributed by atoms with Crippen molar-refractivity contribution < 1.29 is 14.0 Å². The van der Waals surface area contributed by atoms with E-state index in [-0.39, 0.29) is 24.8 Å². The molecule has 0 aliphatic carbocycles. The third-order valence-electron chi connectivity index (χ3n) is 7.74. The van der Waals surface area contributed by atoms with Gasteiger partial charge in [0, 0.05) is 17.7 Å². The first-order valence-corrected chi connectivity index (χ1v) is 12.9. The van der Waals surface area contributed by atoms with Gasteiger partial charge in [0.25, 0.3) is 0 Å². The molecule has 8 rings (SSSR count). The van der Waals surface area contributed by atoms with Crippen LogP contribution in [0.5, 0.6) is 0 Å². The van der Waals surface area contributed by atoms with E-state index >= 15 is 0 Å². The monoisotopic (exact) mass is 562 g/mol. The van der Waals surface area contributed by atoms with Gasteiger partial charge in [-0.1, -0.05) is 18.2 Å². The quantitative estimate of drug-likeness (QED) is 0.327. The molecule has 42 heavy (non-hydrogen) atoms. The first kappa shape index (κ1) is 24.0. The zero-order valence-electron chi connectivity index (χ0n) is 21.9. The summed E-state index contributed by atoms with van der Waals surface area (Å²) in [6, 6.07) is 13.1. The smallest absolute Gasteiger partial charge is 0.243 e. The number of aromatic nitrogens is 10. The average Bonchev–Trinajstić information content (AvgIpc) is 3.77. The molecule has 2 aliphatic heterocycles. The summed E-state index contributed by atoms with van der Waals surface area (Å²) in [5.74, 6) is 0.0340. The van der Waals surface area contributed by atoms with Crippen molar-refractivity contribution in [2.75, 3.05) is 10.2 Å². The molecular weight excluding hydrogens is 543 g/mol. The van der Waals surface area contributed by atoms with Crippen LogP contribution in [0.1, 0.15) is 29.1 Å². The number of tetrazole rings is 1. The largest absolute Gasteiger partial charge is 0.340 e. The van der Waals surface area contributed by atoms with E-state index in [4.69, 9.17) is 5.10 Å². The summed E-state index contributed by atoms with van der Waals surface area (Å²) in [5, 5.41) is 19.7. The Balaban J connectivity index is 1.29. The van der Waals surface area contributed by atoms with Gasteiger partial charge < -0.3 is 15.2 Å². The molecule has 0 unspecified atom stereocenters. The van der Waals surface area contributed by atoms with Gasteiger partial charge in [0.05, 0.1) is 24.3 Å². The van der Waals surface area contributed by atoms with Gasteiger partial charge in [0.15, 0.2) is 17.3 Å². The molecule has 0 saturated carbocycles. The molecule has 2 amide bonds. The maximum Gasteiger partial charge on any atom is 0.243 e. The molecule has 0 radical (unpaired) electrons. The van der Waals surface area contributed by atoms with Gasteiger partial charge in [-0.15, -0.1) is 5.10 Å². The summed E-state index contributed by atoms with van der Waals surface area (Å²) in [6.45, 7) is 1.81. The van der Waals surface area contributed by atoms with Crippen LogP contribution < -0.4 is 10.2 Å². The van der Waals surface area contributed by atoms with Crippen molar-refractivity contribution in [3.63, 3.8) is 0 Å². The van der Waals surface area contributed by atoms with Crippen molar-refractivity contribution in [3.05, 3.63) is 89.6 Å². The summed E-state index contributed by atoms with van der Waals surface area (Å²) >= 11 is 0. The standard InChI is InChI=1S/C27H19FN12O2/c1-14-21-24(40(35-14)25-22-23(30-12-29-22)31-13-32-25)33-20(41)10-27(21)17-4-2-3-5-18(17)38(26(27)42)11-19-34-36-37-39(19)16-8-6-15(28)7-9-16/h2-9,12-13H,10-11H2,1H3,(H,33,41)(H,29,30,31,32)/t27-/m0/s1. The Hall–Kier alpha value is -5.86. The molecule has 15 heteroatoms. The number of aryl methyl sites for hydroxylation is 1. The van der Waals surface area contributed by atoms with Gasteiger partial charge in [-0.05, 0) is 53.2 Å². The Morgan fingerprint density at radius 1 is 1.02 bits per heavy atom. The highest BCUT2D eigenvalue weighted by Crippen LogP contribution is 2.53. The van der Waals surface area contributed by atoms with Crippen molar-refractivity contribution in [1.29, 1.82) is 0 Å². The Bertz CT molecular complexity index is 2060. The molecule has 2 N–H and O–H groups in total. The van der Waals surface area contributed by atoms with E-state index < -0.39 is 11.2 Å². The molecular formula is C27H19FN12O2. The number of fused-ring (bicyclic) bond motifs is 5. The number of imidazole rings is 1. The van der Waals surface area contributed by atoms with Crippen LogP contribution in [-0.2, 0) is 21.5 Å².